The first-order valence-electron chi connectivity index (χ1n) is 11.3. The lowest BCUT2D eigenvalue weighted by Crippen LogP contribution is -2.32. The van der Waals surface area contributed by atoms with Crippen LogP contribution in [0.2, 0.25) is 0 Å². The van der Waals surface area contributed by atoms with Crippen molar-refractivity contribution in [2.45, 2.75) is 45.7 Å². The molecule has 0 radical (unpaired) electrons. The first-order valence-corrected chi connectivity index (χ1v) is 11.3. The smallest absolute Gasteiger partial charge is 0.320 e. The van der Waals surface area contributed by atoms with Gasteiger partial charge in [-0.1, -0.05) is 50.2 Å². The van der Waals surface area contributed by atoms with Crippen molar-refractivity contribution in [1.29, 1.82) is 0 Å². The number of carbonyl (C=O) groups is 2. The fourth-order valence-electron chi connectivity index (χ4n) is 3.71. The Kier molecular flexibility index (Phi) is 8.38. The molecular weight excluding hydrogens is 416 g/mol. The molecule has 0 bridgehead atoms. The van der Waals surface area contributed by atoms with Crippen molar-refractivity contribution in [3.8, 4) is 11.1 Å². The SMILES string of the molecule is CC(C)Cn1cc(-c2ccccc2CCCNC(=O)c2ccc(C[C@H](N)C(=O)O)cc2)cn1. The van der Waals surface area contributed by atoms with Crippen LogP contribution in [-0.2, 0) is 24.2 Å². The van der Waals surface area contributed by atoms with Gasteiger partial charge in [0.15, 0.2) is 0 Å². The van der Waals surface area contributed by atoms with Crippen LogP contribution in [0, 0.1) is 5.92 Å². The Labute approximate surface area is 194 Å². The summed E-state index contributed by atoms with van der Waals surface area (Å²) in [6, 6.07) is 14.2. The van der Waals surface area contributed by atoms with E-state index in [1.807, 2.05) is 23.0 Å². The molecule has 0 unspecified atom stereocenters. The molecule has 0 fully saturated rings. The molecule has 7 nitrogen and oxygen atoms in total. The molecule has 4 N–H and O–H groups in total. The maximum absolute atomic E-state index is 12.4. The fourth-order valence-corrected chi connectivity index (χ4v) is 3.71. The molecular formula is C26H32N4O3. The summed E-state index contributed by atoms with van der Waals surface area (Å²) in [5.41, 5.74) is 10.4. The summed E-state index contributed by atoms with van der Waals surface area (Å²) in [5, 5.41) is 16.3. The number of nitrogens with zero attached hydrogens (tertiary/aromatic N) is 2. The number of benzene rings is 2. The minimum atomic E-state index is -1.04. The Balaban J connectivity index is 1.51. The molecule has 0 saturated carbocycles. The number of aryl methyl sites for hydroxylation is 1. The second-order valence-corrected chi connectivity index (χ2v) is 8.71. The Morgan fingerprint density at radius 3 is 2.55 bits per heavy atom. The molecule has 0 saturated heterocycles. The van der Waals surface area contributed by atoms with E-state index in [0.29, 0.717) is 18.0 Å². The average molecular weight is 449 g/mol. The zero-order chi connectivity index (χ0) is 23.8. The van der Waals surface area contributed by atoms with Gasteiger partial charge in [-0.2, -0.15) is 5.10 Å². The maximum Gasteiger partial charge on any atom is 0.320 e. The number of amides is 1. The van der Waals surface area contributed by atoms with Crippen molar-refractivity contribution in [3.05, 3.63) is 77.6 Å². The third-order valence-corrected chi connectivity index (χ3v) is 5.41. The molecule has 1 heterocycles. The molecule has 1 atom stereocenters. The summed E-state index contributed by atoms with van der Waals surface area (Å²) in [7, 11) is 0. The molecule has 174 valence electrons. The maximum atomic E-state index is 12.4. The molecule has 3 aromatic rings. The number of nitrogens with one attached hydrogen (secondary N) is 1. The summed E-state index contributed by atoms with van der Waals surface area (Å²) in [4.78, 5) is 23.3. The molecule has 1 amide bonds. The van der Waals surface area contributed by atoms with Crippen molar-refractivity contribution in [2.75, 3.05) is 6.54 Å². The number of nitrogens with two attached hydrogens (primary N) is 1. The van der Waals surface area contributed by atoms with Gasteiger partial charge in [0.05, 0.1) is 6.20 Å². The molecule has 0 aliphatic carbocycles. The predicted molar refractivity (Wildman–Crippen MR) is 129 cm³/mol. The minimum absolute atomic E-state index is 0.146. The number of carbonyl (C=O) groups excluding carboxylic acids is 1. The van der Waals surface area contributed by atoms with E-state index in [1.165, 1.54) is 11.1 Å². The van der Waals surface area contributed by atoms with E-state index in [9.17, 15) is 9.59 Å². The number of aliphatic carboxylic acids is 1. The molecule has 3 rings (SSSR count). The summed E-state index contributed by atoms with van der Waals surface area (Å²) in [6.45, 7) is 5.80. The van der Waals surface area contributed by atoms with Gasteiger partial charge in [-0.3, -0.25) is 14.3 Å². The van der Waals surface area contributed by atoms with Crippen LogP contribution in [0.25, 0.3) is 11.1 Å². The zero-order valence-electron chi connectivity index (χ0n) is 19.2. The van der Waals surface area contributed by atoms with E-state index in [2.05, 4.69) is 42.6 Å². The van der Waals surface area contributed by atoms with Gasteiger partial charge in [0, 0.05) is 30.4 Å². The summed E-state index contributed by atoms with van der Waals surface area (Å²) >= 11 is 0. The highest BCUT2D eigenvalue weighted by molar-refractivity contribution is 5.94. The number of carboxylic acid groups (broad SMARTS) is 1. The quantitative estimate of drug-likeness (QED) is 0.389. The highest BCUT2D eigenvalue weighted by atomic mass is 16.4. The second-order valence-electron chi connectivity index (χ2n) is 8.71. The third-order valence-electron chi connectivity index (χ3n) is 5.41. The molecule has 0 aliphatic rings. The highest BCUT2D eigenvalue weighted by Crippen LogP contribution is 2.24. The number of hydrogen-bond acceptors (Lipinski definition) is 4. The fraction of sp³-hybridized carbons (Fsp3) is 0.346. The molecule has 33 heavy (non-hydrogen) atoms. The predicted octanol–water partition coefficient (Wildman–Crippen LogP) is 3.52. The zero-order valence-corrected chi connectivity index (χ0v) is 19.2. The topological polar surface area (TPSA) is 110 Å². The minimum Gasteiger partial charge on any atom is -0.480 e. The normalized spacial score (nSPS) is 12.0. The first-order chi connectivity index (χ1) is 15.8. The Morgan fingerprint density at radius 2 is 1.85 bits per heavy atom. The van der Waals surface area contributed by atoms with Crippen LogP contribution in [0.4, 0.5) is 0 Å². The number of rotatable bonds is 11. The van der Waals surface area contributed by atoms with Gasteiger partial charge in [-0.05, 0) is 54.0 Å². The first kappa shape index (κ1) is 24.2. The molecule has 0 spiro atoms. The third kappa shape index (κ3) is 7.02. The molecule has 2 aromatic carbocycles. The summed E-state index contributed by atoms with van der Waals surface area (Å²) in [6.07, 6.45) is 5.89. The number of aromatic nitrogens is 2. The van der Waals surface area contributed by atoms with Crippen LogP contribution < -0.4 is 11.1 Å². The highest BCUT2D eigenvalue weighted by Gasteiger charge is 2.13. The lowest BCUT2D eigenvalue weighted by molar-refractivity contribution is -0.138. The largest absolute Gasteiger partial charge is 0.480 e. The molecule has 1 aromatic heterocycles. The van der Waals surface area contributed by atoms with Gasteiger partial charge in [-0.15, -0.1) is 0 Å². The standard InChI is InChI=1S/C26H32N4O3/c1-18(2)16-30-17-22(15-29-30)23-8-4-3-6-20(23)7-5-13-28-25(31)21-11-9-19(10-12-21)14-24(27)26(32)33/h3-4,6,8-12,15,17-18,24H,5,7,13-14,16,27H2,1-2H3,(H,28,31)(H,32,33)/t24-/m0/s1. The van der Waals surface area contributed by atoms with Crippen molar-refractivity contribution in [1.82, 2.24) is 15.1 Å². The van der Waals surface area contributed by atoms with Gasteiger partial charge in [0.25, 0.3) is 5.91 Å². The van der Waals surface area contributed by atoms with E-state index < -0.39 is 12.0 Å². The van der Waals surface area contributed by atoms with E-state index in [4.69, 9.17) is 10.8 Å². The monoisotopic (exact) mass is 448 g/mol. The molecule has 0 aliphatic heterocycles. The molecule has 7 heteroatoms. The van der Waals surface area contributed by atoms with Crippen molar-refractivity contribution >= 4 is 11.9 Å². The second kappa shape index (κ2) is 11.4. The van der Waals surface area contributed by atoms with Gasteiger partial charge < -0.3 is 16.2 Å². The Bertz CT molecular complexity index is 1070. The van der Waals surface area contributed by atoms with Crippen LogP contribution >= 0.6 is 0 Å². The Morgan fingerprint density at radius 1 is 1.12 bits per heavy atom. The van der Waals surface area contributed by atoms with E-state index in [-0.39, 0.29) is 12.3 Å². The van der Waals surface area contributed by atoms with Crippen LogP contribution in [0.3, 0.4) is 0 Å². The van der Waals surface area contributed by atoms with E-state index in [0.717, 1.165) is 30.5 Å². The van der Waals surface area contributed by atoms with Gasteiger partial charge >= 0.3 is 5.97 Å². The summed E-state index contributed by atoms with van der Waals surface area (Å²) in [5.74, 6) is -0.648. The average Bonchev–Trinajstić information content (AvgIpc) is 3.24. The lowest BCUT2D eigenvalue weighted by atomic mass is 9.99. The van der Waals surface area contributed by atoms with Crippen molar-refractivity contribution < 1.29 is 14.7 Å². The number of carboxylic acids is 1. The van der Waals surface area contributed by atoms with Crippen LogP contribution in [-0.4, -0.2) is 39.4 Å². The van der Waals surface area contributed by atoms with Gasteiger partial charge in [0.1, 0.15) is 6.04 Å². The number of hydrogen-bond donors (Lipinski definition) is 3. The Hall–Kier alpha value is -3.45. The lowest BCUT2D eigenvalue weighted by Gasteiger charge is -2.10. The van der Waals surface area contributed by atoms with Crippen LogP contribution in [0.15, 0.2) is 60.9 Å². The van der Waals surface area contributed by atoms with Gasteiger partial charge in [-0.25, -0.2) is 0 Å². The van der Waals surface area contributed by atoms with E-state index >= 15 is 0 Å². The van der Waals surface area contributed by atoms with Crippen molar-refractivity contribution in [2.24, 2.45) is 11.7 Å². The van der Waals surface area contributed by atoms with Crippen LogP contribution in [0.1, 0.15) is 41.8 Å². The van der Waals surface area contributed by atoms with Gasteiger partial charge in [0.2, 0.25) is 0 Å². The van der Waals surface area contributed by atoms with Crippen molar-refractivity contribution in [3.63, 3.8) is 0 Å². The van der Waals surface area contributed by atoms with E-state index in [1.54, 1.807) is 24.3 Å². The van der Waals surface area contributed by atoms with Crippen LogP contribution in [0.5, 0.6) is 0 Å². The summed E-state index contributed by atoms with van der Waals surface area (Å²) < 4.78 is 1.98.